The van der Waals surface area contributed by atoms with Gasteiger partial charge in [-0.05, 0) is 78.0 Å². The molecule has 0 saturated carbocycles. The van der Waals surface area contributed by atoms with Crippen molar-refractivity contribution in [2.75, 3.05) is 6.54 Å². The summed E-state index contributed by atoms with van der Waals surface area (Å²) in [4.78, 5) is 82.7. The Hall–Kier alpha value is -5.24. The molecule has 5 amide bonds. The molecule has 2 aromatic carbocycles. The molecule has 3 aromatic rings. The minimum atomic E-state index is -1.26. The molecule has 14 nitrogen and oxygen atoms in total. The molecule has 0 aliphatic carbocycles. The van der Waals surface area contributed by atoms with E-state index in [0.29, 0.717) is 16.5 Å². The monoisotopic (exact) mass is 774 g/mol. The highest BCUT2D eigenvalue weighted by Crippen LogP contribution is 2.24. The molecular formula is C42H58N6O8. The van der Waals surface area contributed by atoms with Crippen LogP contribution < -0.4 is 26.6 Å². The molecule has 1 aliphatic heterocycles. The maximum absolute atomic E-state index is 14.4. The molecule has 0 radical (unpaired) electrons. The number of aromatic nitrogens is 1. The number of para-hydroxylation sites is 1. The van der Waals surface area contributed by atoms with Gasteiger partial charge in [-0.15, -0.1) is 0 Å². The fourth-order valence-corrected chi connectivity index (χ4v) is 6.53. The van der Waals surface area contributed by atoms with Gasteiger partial charge in [0.05, 0.1) is 17.2 Å². The summed E-state index contributed by atoms with van der Waals surface area (Å²) in [6.45, 7) is 16.1. The molecule has 3 unspecified atom stereocenters. The van der Waals surface area contributed by atoms with E-state index in [1.54, 1.807) is 59.9 Å². The molecule has 1 aliphatic rings. The highest BCUT2D eigenvalue weighted by molar-refractivity contribution is 5.97. The summed E-state index contributed by atoms with van der Waals surface area (Å²) in [5, 5.41) is 14.8. The maximum atomic E-state index is 14.4. The van der Waals surface area contributed by atoms with Crippen LogP contribution in [-0.4, -0.2) is 88.2 Å². The van der Waals surface area contributed by atoms with E-state index in [1.165, 1.54) is 4.57 Å². The third-order valence-corrected chi connectivity index (χ3v) is 9.09. The van der Waals surface area contributed by atoms with Crippen LogP contribution in [0, 0.1) is 5.92 Å². The van der Waals surface area contributed by atoms with Crippen molar-refractivity contribution < 1.29 is 38.2 Å². The summed E-state index contributed by atoms with van der Waals surface area (Å²) in [6, 6.07) is 11.7. The van der Waals surface area contributed by atoms with Gasteiger partial charge >= 0.3 is 6.09 Å². The van der Waals surface area contributed by atoms with Crippen LogP contribution in [0.4, 0.5) is 4.79 Å². The molecule has 5 N–H and O–H groups in total. The average molecular weight is 775 g/mol. The maximum Gasteiger partial charge on any atom is 0.419 e. The first kappa shape index (κ1) is 43.5. The predicted octanol–water partition coefficient (Wildman–Crippen LogP) is 3.92. The van der Waals surface area contributed by atoms with Crippen molar-refractivity contribution in [3.05, 3.63) is 71.9 Å². The third-order valence-electron chi connectivity index (χ3n) is 9.09. The summed E-state index contributed by atoms with van der Waals surface area (Å²) in [6.07, 6.45) is 0.435. The standard InChI is InChI=1S/C42H58N6O8/c1-25(2)34-38(52)47-35(26(3)55-41(4,5)6)39(53)45-30(22-27-16-11-10-12-17-27)37(51)44-31(36(50)43-21-15-20-33(49)46-34)23-28-24-48(40(54)56-42(7,8)9)32-19-14-13-18-29(28)32/h10-14,16-19,24-26,30-31,34-35H,15,20-23H2,1-9H3,(H,43,50)(H,44,51)(H,45,53)(H,46,49)(H,47,52)/t26-,30?,31?,34?,35+/m1/s1. The minimum Gasteiger partial charge on any atom is -0.443 e. The van der Waals surface area contributed by atoms with E-state index < -0.39 is 77.1 Å². The number of nitrogens with one attached hydrogen (secondary N) is 5. The van der Waals surface area contributed by atoms with E-state index in [0.717, 1.165) is 5.56 Å². The van der Waals surface area contributed by atoms with E-state index in [4.69, 9.17) is 9.47 Å². The molecule has 5 atom stereocenters. The number of ether oxygens (including phenoxy) is 2. The molecule has 4 rings (SSSR count). The molecule has 0 bridgehead atoms. The number of benzene rings is 2. The zero-order valence-electron chi connectivity index (χ0n) is 34.0. The number of carbonyl (C=O) groups is 6. The van der Waals surface area contributed by atoms with E-state index >= 15 is 0 Å². The largest absolute Gasteiger partial charge is 0.443 e. The fourth-order valence-electron chi connectivity index (χ4n) is 6.53. The minimum absolute atomic E-state index is 0.00375. The van der Waals surface area contributed by atoms with Crippen molar-refractivity contribution in [3.8, 4) is 0 Å². The molecule has 1 aromatic heterocycles. The van der Waals surface area contributed by atoms with Crippen molar-refractivity contribution in [3.63, 3.8) is 0 Å². The Kier molecular flexibility index (Phi) is 14.4. The van der Waals surface area contributed by atoms with Crippen LogP contribution in [0.25, 0.3) is 10.9 Å². The Morgan fingerprint density at radius 1 is 0.732 bits per heavy atom. The lowest BCUT2D eigenvalue weighted by Gasteiger charge is -2.33. The van der Waals surface area contributed by atoms with Gasteiger partial charge in [0.25, 0.3) is 0 Å². The van der Waals surface area contributed by atoms with Crippen molar-refractivity contribution in [1.29, 1.82) is 0 Å². The van der Waals surface area contributed by atoms with Gasteiger partial charge in [-0.3, -0.25) is 28.5 Å². The molecule has 1 saturated heterocycles. The normalized spacial score (nSPS) is 21.6. The molecule has 1 fully saturated rings. The SMILES string of the molecule is CC(C)C1NC(=O)CCCNC(=O)C(Cc2cn(C(=O)OC(C)(C)C)c3ccccc23)NC(=O)C(Cc2ccccc2)NC(=O)[C@H]([C@@H](C)OC(C)(C)C)NC1=O. The second-order valence-corrected chi connectivity index (χ2v) is 16.6. The van der Waals surface area contributed by atoms with Crippen LogP contribution in [0.5, 0.6) is 0 Å². The van der Waals surface area contributed by atoms with Crippen molar-refractivity contribution in [2.24, 2.45) is 5.92 Å². The van der Waals surface area contributed by atoms with Crippen LogP contribution in [0.15, 0.2) is 60.8 Å². The van der Waals surface area contributed by atoms with E-state index in [9.17, 15) is 28.8 Å². The zero-order chi connectivity index (χ0) is 41.4. The Morgan fingerprint density at radius 2 is 1.34 bits per heavy atom. The van der Waals surface area contributed by atoms with Gasteiger partial charge in [0.2, 0.25) is 29.5 Å². The van der Waals surface area contributed by atoms with Gasteiger partial charge in [-0.1, -0.05) is 62.4 Å². The molecule has 56 heavy (non-hydrogen) atoms. The van der Waals surface area contributed by atoms with Gasteiger partial charge in [0, 0.05) is 37.4 Å². The van der Waals surface area contributed by atoms with Crippen LogP contribution in [0.1, 0.15) is 86.3 Å². The smallest absolute Gasteiger partial charge is 0.419 e. The topological polar surface area (TPSA) is 186 Å². The highest BCUT2D eigenvalue weighted by atomic mass is 16.6. The van der Waals surface area contributed by atoms with Crippen LogP contribution >= 0.6 is 0 Å². The van der Waals surface area contributed by atoms with E-state index in [-0.39, 0.29) is 38.1 Å². The lowest BCUT2D eigenvalue weighted by atomic mass is 10.0. The first-order valence-corrected chi connectivity index (χ1v) is 19.2. The molecule has 2 heterocycles. The number of nitrogens with zero attached hydrogens (tertiary/aromatic N) is 1. The van der Waals surface area contributed by atoms with Gasteiger partial charge in [-0.2, -0.15) is 0 Å². The van der Waals surface area contributed by atoms with Gasteiger partial charge < -0.3 is 36.1 Å². The summed E-state index contributed by atoms with van der Waals surface area (Å²) in [5.41, 5.74) is 0.436. The van der Waals surface area contributed by atoms with Crippen LogP contribution in [0.2, 0.25) is 0 Å². The quantitative estimate of drug-likeness (QED) is 0.239. The Morgan fingerprint density at radius 3 is 1.98 bits per heavy atom. The number of carbonyl (C=O) groups excluding carboxylic acids is 6. The Bertz CT molecular complexity index is 1880. The molecule has 14 heteroatoms. The Labute approximate surface area is 329 Å². The number of hydrogen-bond donors (Lipinski definition) is 5. The number of amides is 5. The summed E-state index contributed by atoms with van der Waals surface area (Å²) in [5.74, 6) is -3.17. The molecular weight excluding hydrogens is 716 g/mol. The van der Waals surface area contributed by atoms with Gasteiger partial charge in [0.1, 0.15) is 29.8 Å². The first-order chi connectivity index (χ1) is 26.2. The number of rotatable bonds is 7. The number of fused-ring (bicyclic) bond motifs is 1. The van der Waals surface area contributed by atoms with Crippen molar-refractivity contribution in [2.45, 2.75) is 129 Å². The highest BCUT2D eigenvalue weighted by Gasteiger charge is 2.37. The Balaban J connectivity index is 1.76. The molecule has 304 valence electrons. The zero-order valence-corrected chi connectivity index (χ0v) is 34.0. The molecule has 0 spiro atoms. The second kappa shape index (κ2) is 18.6. The lowest BCUT2D eigenvalue weighted by Crippen LogP contribution is -2.62. The predicted molar refractivity (Wildman–Crippen MR) is 213 cm³/mol. The number of hydrogen-bond acceptors (Lipinski definition) is 8. The van der Waals surface area contributed by atoms with E-state index in [1.807, 2.05) is 63.2 Å². The third kappa shape index (κ3) is 12.4. The van der Waals surface area contributed by atoms with Gasteiger partial charge in [0.15, 0.2) is 0 Å². The van der Waals surface area contributed by atoms with Crippen LogP contribution in [-0.2, 0) is 46.3 Å². The van der Waals surface area contributed by atoms with Crippen molar-refractivity contribution in [1.82, 2.24) is 31.2 Å². The average Bonchev–Trinajstić information content (AvgIpc) is 3.47. The van der Waals surface area contributed by atoms with Gasteiger partial charge in [-0.25, -0.2) is 4.79 Å². The summed E-state index contributed by atoms with van der Waals surface area (Å²) in [7, 11) is 0. The first-order valence-electron chi connectivity index (χ1n) is 19.2. The van der Waals surface area contributed by atoms with Crippen molar-refractivity contribution >= 4 is 46.5 Å². The summed E-state index contributed by atoms with van der Waals surface area (Å²) < 4.78 is 13.2. The van der Waals surface area contributed by atoms with Crippen LogP contribution in [0.3, 0.4) is 0 Å². The van der Waals surface area contributed by atoms with E-state index in [2.05, 4.69) is 26.6 Å². The lowest BCUT2D eigenvalue weighted by molar-refractivity contribution is -0.141. The summed E-state index contributed by atoms with van der Waals surface area (Å²) >= 11 is 0. The second-order valence-electron chi connectivity index (χ2n) is 16.6. The fraction of sp³-hybridized carbons (Fsp3) is 0.524.